The van der Waals surface area contributed by atoms with E-state index in [4.69, 9.17) is 4.74 Å². The molecule has 1 aromatic heterocycles. The number of esters is 1. The average molecular weight is 410 g/mol. The normalized spacial score (nSPS) is 10.7. The summed E-state index contributed by atoms with van der Waals surface area (Å²) in [5, 5.41) is 5.49. The highest BCUT2D eigenvalue weighted by Crippen LogP contribution is 2.23. The Morgan fingerprint density at radius 2 is 1.72 bits per heavy atom. The van der Waals surface area contributed by atoms with E-state index in [1.165, 1.54) is 11.8 Å². The summed E-state index contributed by atoms with van der Waals surface area (Å²) in [5.41, 5.74) is 3.37. The van der Waals surface area contributed by atoms with Crippen molar-refractivity contribution in [3.05, 3.63) is 59.4 Å². The molecule has 3 rings (SSSR count). The van der Waals surface area contributed by atoms with Gasteiger partial charge in [0.2, 0.25) is 0 Å². The lowest BCUT2D eigenvalue weighted by Crippen LogP contribution is -2.21. The van der Waals surface area contributed by atoms with Gasteiger partial charge in [-0.25, -0.2) is 9.97 Å². The van der Waals surface area contributed by atoms with E-state index >= 15 is 0 Å². The van der Waals surface area contributed by atoms with Crippen LogP contribution in [0.4, 0.5) is 5.69 Å². The lowest BCUT2D eigenvalue weighted by atomic mass is 10.1. The molecule has 1 heterocycles. The molecule has 0 saturated heterocycles. The van der Waals surface area contributed by atoms with Gasteiger partial charge in [-0.2, -0.15) is 0 Å². The van der Waals surface area contributed by atoms with Crippen molar-refractivity contribution in [3.63, 3.8) is 0 Å². The monoisotopic (exact) mass is 409 g/mol. The third kappa shape index (κ3) is 5.32. The van der Waals surface area contributed by atoms with E-state index in [2.05, 4.69) is 15.3 Å². The molecular formula is C22H23N3O3S. The van der Waals surface area contributed by atoms with Crippen molar-refractivity contribution in [2.45, 2.75) is 31.8 Å². The van der Waals surface area contributed by atoms with E-state index in [0.717, 1.165) is 32.9 Å². The standard InChI is InChI=1S/C22H23N3O3S/c1-14-17(15(2)24-22(23-14)29-3)11-12-21(27)28-13-20(26)25-19-10-6-8-16-7-4-5-9-18(16)19/h4-10H,11-13H2,1-3H3,(H,25,26). The minimum Gasteiger partial charge on any atom is -0.456 e. The van der Waals surface area contributed by atoms with Gasteiger partial charge >= 0.3 is 5.97 Å². The number of anilines is 1. The van der Waals surface area contributed by atoms with E-state index in [0.29, 0.717) is 12.1 Å². The van der Waals surface area contributed by atoms with Crippen molar-refractivity contribution in [3.8, 4) is 0 Å². The highest BCUT2D eigenvalue weighted by atomic mass is 32.2. The number of hydrogen-bond acceptors (Lipinski definition) is 6. The number of fused-ring (bicyclic) bond motifs is 1. The first-order valence-electron chi connectivity index (χ1n) is 9.29. The molecule has 1 N–H and O–H groups in total. The Morgan fingerprint density at radius 1 is 1.03 bits per heavy atom. The fourth-order valence-electron chi connectivity index (χ4n) is 3.13. The maximum atomic E-state index is 12.2. The zero-order valence-corrected chi connectivity index (χ0v) is 17.5. The van der Waals surface area contributed by atoms with Gasteiger partial charge in [0, 0.05) is 28.9 Å². The van der Waals surface area contributed by atoms with Crippen molar-refractivity contribution in [2.75, 3.05) is 18.2 Å². The first-order chi connectivity index (χ1) is 14.0. The summed E-state index contributed by atoms with van der Waals surface area (Å²) < 4.78 is 5.14. The SMILES string of the molecule is CSc1nc(C)c(CCC(=O)OCC(=O)Nc2cccc3ccccc23)c(C)n1. The number of carbonyl (C=O) groups excluding carboxylic acids is 2. The van der Waals surface area contributed by atoms with Gasteiger partial charge in [0.05, 0.1) is 0 Å². The van der Waals surface area contributed by atoms with Gasteiger partial charge in [-0.15, -0.1) is 0 Å². The van der Waals surface area contributed by atoms with Gasteiger partial charge < -0.3 is 10.1 Å². The summed E-state index contributed by atoms with van der Waals surface area (Å²) in [6.07, 6.45) is 2.58. The number of benzene rings is 2. The molecule has 7 heteroatoms. The molecule has 0 fully saturated rings. The van der Waals surface area contributed by atoms with E-state index < -0.39 is 5.97 Å². The molecule has 1 amide bonds. The number of thioether (sulfide) groups is 1. The second-order valence-corrected chi connectivity index (χ2v) is 7.37. The Bertz CT molecular complexity index is 1020. The fraction of sp³-hybridized carbons (Fsp3) is 0.273. The third-order valence-corrected chi connectivity index (χ3v) is 5.14. The summed E-state index contributed by atoms with van der Waals surface area (Å²) in [6.45, 7) is 3.50. The maximum Gasteiger partial charge on any atom is 0.306 e. The predicted octanol–water partition coefficient (Wildman–Crippen LogP) is 4.08. The molecule has 6 nitrogen and oxygen atoms in total. The number of nitrogens with one attached hydrogen (secondary N) is 1. The van der Waals surface area contributed by atoms with E-state index in [-0.39, 0.29) is 18.9 Å². The average Bonchev–Trinajstić information content (AvgIpc) is 2.71. The fourth-order valence-corrected chi connectivity index (χ4v) is 3.58. The highest BCUT2D eigenvalue weighted by molar-refractivity contribution is 7.98. The largest absolute Gasteiger partial charge is 0.456 e. The van der Waals surface area contributed by atoms with Crippen molar-refractivity contribution < 1.29 is 14.3 Å². The summed E-state index contributed by atoms with van der Waals surface area (Å²) >= 11 is 1.48. The molecule has 0 aliphatic carbocycles. The molecule has 0 aliphatic rings. The lowest BCUT2D eigenvalue weighted by Gasteiger charge is -2.11. The Balaban J connectivity index is 1.52. The van der Waals surface area contributed by atoms with Gasteiger partial charge in [-0.1, -0.05) is 48.2 Å². The van der Waals surface area contributed by atoms with Crippen molar-refractivity contribution in [2.24, 2.45) is 0 Å². The van der Waals surface area contributed by atoms with E-state index in [1.807, 2.05) is 62.6 Å². The molecule has 3 aromatic rings. The number of aryl methyl sites for hydroxylation is 2. The Labute approximate surface area is 174 Å². The van der Waals surface area contributed by atoms with E-state index in [1.54, 1.807) is 0 Å². The first-order valence-corrected chi connectivity index (χ1v) is 10.5. The van der Waals surface area contributed by atoms with Gasteiger partial charge in [0.25, 0.3) is 5.91 Å². The van der Waals surface area contributed by atoms with Crippen molar-refractivity contribution in [1.29, 1.82) is 0 Å². The lowest BCUT2D eigenvalue weighted by molar-refractivity contribution is -0.147. The molecule has 0 saturated carbocycles. The highest BCUT2D eigenvalue weighted by Gasteiger charge is 2.13. The maximum absolute atomic E-state index is 12.2. The van der Waals surface area contributed by atoms with Crippen LogP contribution in [0.1, 0.15) is 23.4 Å². The number of aromatic nitrogens is 2. The van der Waals surface area contributed by atoms with E-state index in [9.17, 15) is 9.59 Å². The second-order valence-electron chi connectivity index (χ2n) is 6.60. The smallest absolute Gasteiger partial charge is 0.306 e. The van der Waals surface area contributed by atoms with Crippen LogP contribution in [-0.4, -0.2) is 34.7 Å². The number of hydrogen-bond donors (Lipinski definition) is 1. The molecule has 2 aromatic carbocycles. The van der Waals surface area contributed by atoms with Gasteiger partial charge in [0.1, 0.15) is 0 Å². The second kappa shape index (κ2) is 9.52. The third-order valence-electron chi connectivity index (χ3n) is 4.59. The van der Waals surface area contributed by atoms with Crippen LogP contribution in [0.3, 0.4) is 0 Å². The van der Waals surface area contributed by atoms with Crippen LogP contribution < -0.4 is 5.32 Å². The first kappa shape index (κ1) is 20.8. The van der Waals surface area contributed by atoms with Crippen LogP contribution in [0.25, 0.3) is 10.8 Å². The molecule has 0 atom stereocenters. The molecule has 0 spiro atoms. The zero-order valence-electron chi connectivity index (χ0n) is 16.7. The zero-order chi connectivity index (χ0) is 20.8. The molecule has 0 bridgehead atoms. The summed E-state index contributed by atoms with van der Waals surface area (Å²) in [4.78, 5) is 33.1. The number of nitrogens with zero attached hydrogens (tertiary/aromatic N) is 2. The molecule has 29 heavy (non-hydrogen) atoms. The molecule has 150 valence electrons. The van der Waals surface area contributed by atoms with Gasteiger partial charge in [-0.05, 0) is 43.5 Å². The molecule has 0 aliphatic heterocycles. The number of rotatable bonds is 7. The van der Waals surface area contributed by atoms with Gasteiger partial charge in [-0.3, -0.25) is 9.59 Å². The Morgan fingerprint density at radius 3 is 2.45 bits per heavy atom. The Hall–Kier alpha value is -2.93. The Kier molecular flexibility index (Phi) is 6.82. The molecular weight excluding hydrogens is 386 g/mol. The van der Waals surface area contributed by atoms with Crippen molar-refractivity contribution in [1.82, 2.24) is 9.97 Å². The molecule has 0 unspecified atom stereocenters. The van der Waals surface area contributed by atoms with Crippen LogP contribution in [0, 0.1) is 13.8 Å². The summed E-state index contributed by atoms with van der Waals surface area (Å²) in [6, 6.07) is 13.4. The quantitative estimate of drug-likeness (QED) is 0.360. The summed E-state index contributed by atoms with van der Waals surface area (Å²) in [5.74, 6) is -0.791. The van der Waals surface area contributed by atoms with Gasteiger partial charge in [0.15, 0.2) is 11.8 Å². The summed E-state index contributed by atoms with van der Waals surface area (Å²) in [7, 11) is 0. The van der Waals surface area contributed by atoms with Crippen LogP contribution in [0.2, 0.25) is 0 Å². The van der Waals surface area contributed by atoms with Crippen LogP contribution in [0.15, 0.2) is 47.6 Å². The van der Waals surface area contributed by atoms with Crippen LogP contribution in [-0.2, 0) is 20.7 Å². The minimum absolute atomic E-state index is 0.172. The number of ether oxygens (including phenoxy) is 1. The molecule has 0 radical (unpaired) electrons. The topological polar surface area (TPSA) is 81.2 Å². The van der Waals surface area contributed by atoms with Crippen LogP contribution in [0.5, 0.6) is 0 Å². The van der Waals surface area contributed by atoms with Crippen molar-refractivity contribution >= 4 is 40.1 Å². The minimum atomic E-state index is -0.425. The van der Waals surface area contributed by atoms with Crippen LogP contribution >= 0.6 is 11.8 Å². The number of carbonyl (C=O) groups is 2. The number of amides is 1. The predicted molar refractivity (Wildman–Crippen MR) is 115 cm³/mol.